The molecule has 3 atom stereocenters. The van der Waals surface area contributed by atoms with E-state index in [4.69, 9.17) is 1.37 Å². The molecule has 306 valence electrons. The number of rotatable bonds is 24. The molecule has 0 spiro atoms. The minimum atomic E-state index is -3.96. The molecule has 1 rings (SSSR count). The van der Waals surface area contributed by atoms with E-state index in [2.05, 4.69) is 20.7 Å². The van der Waals surface area contributed by atoms with Gasteiger partial charge in [-0.15, -0.1) is 0 Å². The zero-order valence-electron chi connectivity index (χ0n) is 34.9. The van der Waals surface area contributed by atoms with E-state index < -0.39 is 44.9 Å². The molecule has 0 bridgehead atoms. The first-order valence-electron chi connectivity index (χ1n) is 19.1. The van der Waals surface area contributed by atoms with Crippen LogP contribution in [0.15, 0.2) is 42.0 Å². The fraction of sp³-hybridized carbons (Fsp3) is 0.667. The fourth-order valence-electron chi connectivity index (χ4n) is 5.77. The summed E-state index contributed by atoms with van der Waals surface area (Å²) in [6.45, 7) is 15.2. The lowest BCUT2D eigenvalue weighted by Gasteiger charge is -2.40. The van der Waals surface area contributed by atoms with Crippen LogP contribution in [0, 0.1) is 11.3 Å². The largest absolute Gasteiger partial charge is 0.356 e. The van der Waals surface area contributed by atoms with E-state index in [1.54, 1.807) is 20.2 Å². The highest BCUT2D eigenvalue weighted by molar-refractivity contribution is 8.76. The van der Waals surface area contributed by atoms with Crippen LogP contribution in [-0.2, 0) is 39.4 Å². The summed E-state index contributed by atoms with van der Waals surface area (Å²) in [7, 11) is 2.04. The highest BCUT2D eigenvalue weighted by atomic mass is 33.1. The van der Waals surface area contributed by atoms with Crippen molar-refractivity contribution in [2.45, 2.75) is 118 Å². The van der Waals surface area contributed by atoms with E-state index >= 15 is 0 Å². The number of nitrogens with zero attached hydrogens (tertiary/aromatic N) is 1. The number of Topliss-reactive ketones (excluding diaryl/α,β-unsaturated/α-hetero) is 1. The average Bonchev–Trinajstić information content (AvgIpc) is 3.11. The van der Waals surface area contributed by atoms with Crippen LogP contribution in [0.5, 0.6) is 0 Å². The summed E-state index contributed by atoms with van der Waals surface area (Å²) in [5.41, 5.74) is -0.172. The molecule has 1 aromatic carbocycles. The SMILES string of the molecule is [3H]CC(=O)CCCCCNC(=O)CCSSCCS(=O)(=O)NC(=O)/C(C)=C/[C@H](C(C)C)N(C)C(=O)[C@@H](NC(=O)[C@@H](NC)C(C)(C)c1ccccc1)C(C)(C)C. The van der Waals surface area contributed by atoms with Crippen molar-refractivity contribution < 1.29 is 33.8 Å². The van der Waals surface area contributed by atoms with Crippen molar-refractivity contribution in [2.24, 2.45) is 11.3 Å². The molecule has 4 amide bonds. The number of unbranched alkanes of at least 4 members (excludes halogenated alkanes) is 2. The summed E-state index contributed by atoms with van der Waals surface area (Å²) < 4.78 is 34.6. The molecule has 0 saturated heterocycles. The van der Waals surface area contributed by atoms with Crippen molar-refractivity contribution >= 4 is 61.0 Å². The third kappa shape index (κ3) is 17.3. The zero-order valence-corrected chi connectivity index (χ0v) is 36.3. The minimum absolute atomic E-state index is 0.0773. The van der Waals surface area contributed by atoms with Gasteiger partial charge in [-0.3, -0.25) is 19.2 Å². The number of amides is 4. The topological polar surface area (TPSA) is 171 Å². The fourth-order valence-corrected chi connectivity index (χ4v) is 9.54. The molecule has 0 heterocycles. The van der Waals surface area contributed by atoms with Gasteiger partial charge < -0.3 is 25.6 Å². The number of sulfonamides is 1. The Balaban J connectivity index is 2.79. The van der Waals surface area contributed by atoms with Crippen LogP contribution >= 0.6 is 21.6 Å². The number of carbonyl (C=O) groups excluding carboxylic acids is 5. The highest BCUT2D eigenvalue weighted by Crippen LogP contribution is 2.29. The maximum Gasteiger partial charge on any atom is 0.260 e. The molecule has 0 aliphatic carbocycles. The van der Waals surface area contributed by atoms with Gasteiger partial charge in [-0.25, -0.2) is 13.1 Å². The summed E-state index contributed by atoms with van der Waals surface area (Å²) >= 11 is 0. The van der Waals surface area contributed by atoms with Crippen molar-refractivity contribution in [3.05, 3.63) is 47.5 Å². The molecule has 15 heteroatoms. The molecule has 0 aliphatic rings. The van der Waals surface area contributed by atoms with Crippen LogP contribution in [0.1, 0.15) is 101 Å². The molecule has 4 N–H and O–H groups in total. The lowest BCUT2D eigenvalue weighted by molar-refractivity contribution is -0.141. The van der Waals surface area contributed by atoms with Gasteiger partial charge in [-0.2, -0.15) is 0 Å². The van der Waals surface area contributed by atoms with Gasteiger partial charge in [0.05, 0.1) is 17.8 Å². The Labute approximate surface area is 333 Å². The van der Waals surface area contributed by atoms with Crippen molar-refractivity contribution in [3.8, 4) is 0 Å². The lowest BCUT2D eigenvalue weighted by atomic mass is 9.76. The van der Waals surface area contributed by atoms with Gasteiger partial charge in [0.1, 0.15) is 11.8 Å². The van der Waals surface area contributed by atoms with E-state index in [-0.39, 0.29) is 59.8 Å². The highest BCUT2D eigenvalue weighted by Gasteiger charge is 2.41. The standard InChI is InChI=1S/C39H65N5O7S3/c1-27(2)31(44(11)37(49)34(38(5,6)7)42-36(48)33(40-10)39(8,9)30-19-15-12-16-20-30)26-28(3)35(47)43-54(50,51)25-24-53-52-23-21-32(46)41-22-17-13-14-18-29(4)45/h12,15-16,19-20,26-27,31,33-34,40H,13-14,17-18,21-25H2,1-11H3,(H,41,46)(H,42,48)(H,43,47)/b28-26+/t31-,33-,34-/m1/s1/i4T. The Morgan fingerprint density at radius 3 is 2.13 bits per heavy atom. The van der Waals surface area contributed by atoms with E-state index in [9.17, 15) is 32.4 Å². The lowest BCUT2D eigenvalue weighted by Crippen LogP contribution is -2.61. The van der Waals surface area contributed by atoms with E-state index in [0.29, 0.717) is 25.1 Å². The second kappa shape index (κ2) is 23.2. The third-order valence-electron chi connectivity index (χ3n) is 9.08. The van der Waals surface area contributed by atoms with Crippen molar-refractivity contribution in [3.63, 3.8) is 0 Å². The molecule has 0 saturated carbocycles. The first kappa shape index (κ1) is 47.3. The second-order valence-electron chi connectivity index (χ2n) is 15.5. The number of likely N-dealkylation sites (N-methyl/N-ethyl adjacent to an activating group) is 2. The second-order valence-corrected chi connectivity index (χ2v) is 20.0. The molecule has 0 unspecified atom stereocenters. The van der Waals surface area contributed by atoms with Gasteiger partial charge in [0.15, 0.2) is 0 Å². The van der Waals surface area contributed by atoms with Crippen LogP contribution in [0.25, 0.3) is 0 Å². The van der Waals surface area contributed by atoms with E-state index in [1.807, 2.05) is 78.8 Å². The van der Waals surface area contributed by atoms with Crippen LogP contribution in [-0.4, -0.2) is 98.8 Å². The Morgan fingerprint density at radius 1 is 0.926 bits per heavy atom. The number of nitrogens with one attached hydrogen (secondary N) is 4. The maximum atomic E-state index is 14.1. The summed E-state index contributed by atoms with van der Waals surface area (Å²) in [5.74, 6) is -1.39. The first-order chi connectivity index (χ1) is 25.6. The molecule has 0 aromatic heterocycles. The molecule has 1 aromatic rings. The monoisotopic (exact) mass is 813 g/mol. The summed E-state index contributed by atoms with van der Waals surface area (Å²) in [6.07, 6.45) is 4.53. The number of ketones is 1. The number of benzene rings is 1. The van der Waals surface area contributed by atoms with Gasteiger partial charge in [0, 0.05) is 50.3 Å². The van der Waals surface area contributed by atoms with E-state index in [0.717, 1.165) is 18.4 Å². The predicted octanol–water partition coefficient (Wildman–Crippen LogP) is 5.00. The van der Waals surface area contributed by atoms with Gasteiger partial charge in [0.25, 0.3) is 5.91 Å². The van der Waals surface area contributed by atoms with Gasteiger partial charge in [-0.05, 0) is 50.6 Å². The summed E-state index contributed by atoms with van der Waals surface area (Å²) in [5, 5.41) is 8.98. The first-order valence-corrected chi connectivity index (χ1v) is 22.6. The molecule has 12 nitrogen and oxygen atoms in total. The zero-order chi connectivity index (χ0) is 42.0. The number of carbonyl (C=O) groups is 5. The Morgan fingerprint density at radius 2 is 1.56 bits per heavy atom. The van der Waals surface area contributed by atoms with Crippen molar-refractivity contribution in [1.82, 2.24) is 25.6 Å². The minimum Gasteiger partial charge on any atom is -0.356 e. The Kier molecular flexibility index (Phi) is 20.4. The molecule has 54 heavy (non-hydrogen) atoms. The average molecular weight is 814 g/mol. The van der Waals surface area contributed by atoms with Crippen LogP contribution < -0.4 is 20.7 Å². The predicted molar refractivity (Wildman–Crippen MR) is 222 cm³/mol. The Bertz CT molecular complexity index is 1550. The van der Waals surface area contributed by atoms with Crippen LogP contribution in [0.2, 0.25) is 0 Å². The third-order valence-corrected chi connectivity index (χ3v) is 13.0. The number of hydrogen-bond acceptors (Lipinski definition) is 10. The van der Waals surface area contributed by atoms with Crippen LogP contribution in [0.3, 0.4) is 0 Å². The summed E-state index contributed by atoms with van der Waals surface area (Å²) in [6, 6.07) is 7.54. The van der Waals surface area contributed by atoms with Crippen molar-refractivity contribution in [2.75, 3.05) is 37.9 Å². The van der Waals surface area contributed by atoms with Gasteiger partial charge in [0.2, 0.25) is 27.7 Å². The van der Waals surface area contributed by atoms with E-state index in [1.165, 1.54) is 33.4 Å². The summed E-state index contributed by atoms with van der Waals surface area (Å²) in [4.78, 5) is 65.7. The smallest absolute Gasteiger partial charge is 0.260 e. The van der Waals surface area contributed by atoms with Gasteiger partial charge in [-0.1, -0.05) is 113 Å². The quantitative estimate of drug-likeness (QED) is 0.0634. The van der Waals surface area contributed by atoms with Crippen LogP contribution in [0.4, 0.5) is 0 Å². The molecular weight excluding hydrogens is 747 g/mol. The number of hydrogen-bond donors (Lipinski definition) is 4. The Hall–Kier alpha value is -2.88. The molecule has 0 fully saturated rings. The molecule has 0 radical (unpaired) electrons. The maximum absolute atomic E-state index is 14.1. The van der Waals surface area contributed by atoms with Crippen molar-refractivity contribution in [1.29, 1.82) is 0 Å². The normalized spacial score (nSPS) is 14.4. The van der Waals surface area contributed by atoms with Gasteiger partial charge >= 0.3 is 0 Å². The molecule has 0 aliphatic heterocycles. The molecular formula is C39H65N5O7S3.